The molecule has 1 aliphatic heterocycles. The summed E-state index contributed by atoms with van der Waals surface area (Å²) in [5, 5.41) is 0.710. The van der Waals surface area contributed by atoms with Gasteiger partial charge in [0, 0.05) is 12.0 Å². The molecule has 0 unspecified atom stereocenters. The van der Waals surface area contributed by atoms with Crippen molar-refractivity contribution in [1.29, 1.82) is 0 Å². The van der Waals surface area contributed by atoms with Crippen LogP contribution in [0.4, 0.5) is 0 Å². The van der Waals surface area contributed by atoms with Crippen LogP contribution >= 0.6 is 11.6 Å². The molecular weight excluding hydrogens is 250 g/mol. The molecule has 1 aliphatic carbocycles. The zero-order valence-electron chi connectivity index (χ0n) is 10.6. The Bertz CT molecular complexity index is 478. The highest BCUT2D eigenvalue weighted by Crippen LogP contribution is 2.51. The summed E-state index contributed by atoms with van der Waals surface area (Å²) in [6.45, 7) is 3.06. The summed E-state index contributed by atoms with van der Waals surface area (Å²) in [5.74, 6) is 1.47. The van der Waals surface area contributed by atoms with Gasteiger partial charge in [-0.05, 0) is 36.5 Å². The molecule has 1 saturated carbocycles. The van der Waals surface area contributed by atoms with Crippen LogP contribution in [0, 0.1) is 0 Å². The van der Waals surface area contributed by atoms with Crippen molar-refractivity contribution < 1.29 is 9.47 Å². The fraction of sp³-hybridized carbons (Fsp3) is 0.571. The van der Waals surface area contributed by atoms with Gasteiger partial charge < -0.3 is 15.2 Å². The highest BCUT2D eigenvalue weighted by molar-refractivity contribution is 6.33. The number of nitrogens with two attached hydrogens (primary N) is 1. The molecule has 0 aromatic heterocycles. The molecule has 98 valence electrons. The van der Waals surface area contributed by atoms with Gasteiger partial charge in [0.25, 0.3) is 0 Å². The zero-order valence-corrected chi connectivity index (χ0v) is 11.3. The molecule has 1 fully saturated rings. The molecule has 1 aromatic carbocycles. The number of halogens is 1. The normalized spacial score (nSPS) is 19.7. The predicted octanol–water partition coefficient (Wildman–Crippen LogP) is 3.01. The molecule has 0 saturated heterocycles. The highest BCUT2D eigenvalue weighted by Gasteiger charge is 2.40. The van der Waals surface area contributed by atoms with Crippen LogP contribution in [0.15, 0.2) is 6.07 Å². The quantitative estimate of drug-likeness (QED) is 0.916. The lowest BCUT2D eigenvalue weighted by atomic mass is 9.63. The minimum atomic E-state index is 0.107. The van der Waals surface area contributed by atoms with Gasteiger partial charge in [-0.25, -0.2) is 0 Å². The van der Waals surface area contributed by atoms with Gasteiger partial charge in [-0.15, -0.1) is 0 Å². The van der Waals surface area contributed by atoms with Crippen LogP contribution in [0.1, 0.15) is 37.3 Å². The van der Waals surface area contributed by atoms with Crippen molar-refractivity contribution in [2.24, 2.45) is 5.73 Å². The summed E-state index contributed by atoms with van der Waals surface area (Å²) in [6.07, 6.45) is 4.43. The first kappa shape index (κ1) is 12.1. The third-order valence-corrected chi connectivity index (χ3v) is 4.73. The topological polar surface area (TPSA) is 44.5 Å². The fourth-order valence-corrected chi connectivity index (χ4v) is 3.43. The summed E-state index contributed by atoms with van der Waals surface area (Å²) >= 11 is 6.46. The van der Waals surface area contributed by atoms with Crippen LogP contribution in [0.5, 0.6) is 11.5 Å². The lowest BCUT2D eigenvalue weighted by Gasteiger charge is -2.43. The van der Waals surface area contributed by atoms with Crippen molar-refractivity contribution >= 4 is 11.6 Å². The molecular formula is C14H18ClNO2. The molecule has 2 aliphatic rings. The van der Waals surface area contributed by atoms with Crippen LogP contribution in [0.3, 0.4) is 0 Å². The Morgan fingerprint density at radius 3 is 2.72 bits per heavy atom. The molecule has 4 heteroatoms. The lowest BCUT2D eigenvalue weighted by molar-refractivity contribution is 0.173. The Morgan fingerprint density at radius 2 is 2.17 bits per heavy atom. The summed E-state index contributed by atoms with van der Waals surface area (Å²) in [4.78, 5) is 0. The molecule has 1 aromatic rings. The van der Waals surface area contributed by atoms with E-state index in [1.165, 1.54) is 17.5 Å². The second kappa shape index (κ2) is 4.32. The van der Waals surface area contributed by atoms with E-state index in [0.717, 1.165) is 25.0 Å². The zero-order chi connectivity index (χ0) is 12.8. The first-order chi connectivity index (χ1) is 8.72. The third kappa shape index (κ3) is 1.54. The number of fused-ring (bicyclic) bond motifs is 1. The number of hydrogen-bond donors (Lipinski definition) is 1. The molecule has 1 heterocycles. The Labute approximate surface area is 112 Å². The van der Waals surface area contributed by atoms with Gasteiger partial charge in [0.05, 0.1) is 5.02 Å². The molecule has 0 spiro atoms. The Balaban J connectivity index is 2.17. The minimum Gasteiger partial charge on any atom is -0.454 e. The van der Waals surface area contributed by atoms with Crippen molar-refractivity contribution in [1.82, 2.24) is 0 Å². The van der Waals surface area contributed by atoms with Crippen molar-refractivity contribution in [2.45, 2.75) is 38.0 Å². The minimum absolute atomic E-state index is 0.107. The molecule has 18 heavy (non-hydrogen) atoms. The maximum Gasteiger partial charge on any atom is 0.231 e. The largest absolute Gasteiger partial charge is 0.454 e. The van der Waals surface area contributed by atoms with Gasteiger partial charge in [-0.1, -0.05) is 24.9 Å². The van der Waals surface area contributed by atoms with Crippen molar-refractivity contribution in [3.05, 3.63) is 22.2 Å². The van der Waals surface area contributed by atoms with E-state index in [2.05, 4.69) is 13.0 Å². The van der Waals surface area contributed by atoms with E-state index >= 15 is 0 Å². The van der Waals surface area contributed by atoms with E-state index in [4.69, 9.17) is 26.8 Å². The monoisotopic (exact) mass is 267 g/mol. The maximum atomic E-state index is 6.46. The number of rotatable bonds is 3. The summed E-state index contributed by atoms with van der Waals surface area (Å²) in [7, 11) is 0. The highest BCUT2D eigenvalue weighted by atomic mass is 35.5. The van der Waals surface area contributed by atoms with E-state index in [0.29, 0.717) is 17.3 Å². The maximum absolute atomic E-state index is 6.46. The fourth-order valence-electron chi connectivity index (χ4n) is 3.05. The first-order valence-corrected chi connectivity index (χ1v) is 6.91. The van der Waals surface area contributed by atoms with Crippen LogP contribution in [-0.2, 0) is 11.8 Å². The Kier molecular flexibility index (Phi) is 2.91. The van der Waals surface area contributed by atoms with Crippen LogP contribution in [-0.4, -0.2) is 13.3 Å². The second-order valence-electron chi connectivity index (χ2n) is 5.14. The van der Waals surface area contributed by atoms with Crippen LogP contribution in [0.25, 0.3) is 0 Å². The molecule has 0 bridgehead atoms. The van der Waals surface area contributed by atoms with E-state index < -0.39 is 0 Å². The van der Waals surface area contributed by atoms with Crippen molar-refractivity contribution in [2.75, 3.05) is 13.3 Å². The second-order valence-corrected chi connectivity index (χ2v) is 5.52. The molecule has 0 radical (unpaired) electrons. The van der Waals surface area contributed by atoms with Gasteiger partial charge in [0.15, 0.2) is 11.5 Å². The van der Waals surface area contributed by atoms with Crippen LogP contribution in [0.2, 0.25) is 5.02 Å². The summed E-state index contributed by atoms with van der Waals surface area (Å²) in [5.41, 5.74) is 8.56. The SMILES string of the molecule is CCc1c(C2(CN)CCC2)cc2c(c1Cl)OCO2. The summed E-state index contributed by atoms with van der Waals surface area (Å²) < 4.78 is 10.9. The molecule has 2 N–H and O–H groups in total. The van der Waals surface area contributed by atoms with Crippen molar-refractivity contribution in [3.8, 4) is 11.5 Å². The van der Waals surface area contributed by atoms with Gasteiger partial charge >= 0.3 is 0 Å². The van der Waals surface area contributed by atoms with Gasteiger partial charge in [-0.3, -0.25) is 0 Å². The number of benzene rings is 1. The van der Waals surface area contributed by atoms with Crippen molar-refractivity contribution in [3.63, 3.8) is 0 Å². The smallest absolute Gasteiger partial charge is 0.231 e. The van der Waals surface area contributed by atoms with Gasteiger partial charge in [-0.2, -0.15) is 0 Å². The van der Waals surface area contributed by atoms with Gasteiger partial charge in [0.1, 0.15) is 0 Å². The molecule has 0 atom stereocenters. The van der Waals surface area contributed by atoms with E-state index in [1.807, 2.05) is 0 Å². The van der Waals surface area contributed by atoms with Gasteiger partial charge in [0.2, 0.25) is 6.79 Å². The average Bonchev–Trinajstić information content (AvgIpc) is 2.77. The third-order valence-electron chi connectivity index (χ3n) is 4.33. The average molecular weight is 268 g/mol. The molecule has 3 nitrogen and oxygen atoms in total. The first-order valence-electron chi connectivity index (χ1n) is 6.53. The van der Waals surface area contributed by atoms with E-state index in [1.54, 1.807) is 0 Å². The standard InChI is InChI=1S/C14H18ClNO2/c1-2-9-10(14(7-16)4-3-5-14)6-11-13(12(9)15)18-8-17-11/h6H,2-5,7-8,16H2,1H3. The Morgan fingerprint density at radius 1 is 1.39 bits per heavy atom. The number of hydrogen-bond acceptors (Lipinski definition) is 3. The van der Waals surface area contributed by atoms with E-state index in [-0.39, 0.29) is 12.2 Å². The number of ether oxygens (including phenoxy) is 2. The van der Waals surface area contributed by atoms with Crippen LogP contribution < -0.4 is 15.2 Å². The van der Waals surface area contributed by atoms with E-state index in [9.17, 15) is 0 Å². The summed E-state index contributed by atoms with van der Waals surface area (Å²) in [6, 6.07) is 2.10. The molecule has 3 rings (SSSR count). The lowest BCUT2D eigenvalue weighted by Crippen LogP contribution is -2.42. The predicted molar refractivity (Wildman–Crippen MR) is 71.5 cm³/mol. The Hall–Kier alpha value is -0.930. The molecule has 0 amide bonds.